The average Bonchev–Trinajstić information content (AvgIpc) is 2.32. The number of nitrogen functional groups attached to an aromatic ring is 2. The Kier molecular flexibility index (Phi) is 2.74. The summed E-state index contributed by atoms with van der Waals surface area (Å²) < 4.78 is 13.2. The summed E-state index contributed by atoms with van der Waals surface area (Å²) in [4.78, 5) is 15.8. The monoisotopic (exact) mass is 231 g/mol. The van der Waals surface area contributed by atoms with Crippen LogP contribution in [0.4, 0.5) is 15.8 Å². The zero-order valence-electron chi connectivity index (χ0n) is 8.85. The molecule has 0 bridgehead atoms. The minimum Gasteiger partial charge on any atom is -0.398 e. The van der Waals surface area contributed by atoms with Gasteiger partial charge in [0, 0.05) is 23.6 Å². The summed E-state index contributed by atoms with van der Waals surface area (Å²) in [6.45, 7) is 0. The van der Waals surface area contributed by atoms with Crippen molar-refractivity contribution in [3.05, 3.63) is 53.6 Å². The maximum Gasteiger partial charge on any atom is 0.196 e. The van der Waals surface area contributed by atoms with Crippen LogP contribution in [-0.4, -0.2) is 10.8 Å². The van der Waals surface area contributed by atoms with Gasteiger partial charge < -0.3 is 11.5 Å². The van der Waals surface area contributed by atoms with Gasteiger partial charge in [-0.3, -0.25) is 9.78 Å². The average molecular weight is 231 g/mol. The first kappa shape index (κ1) is 11.1. The van der Waals surface area contributed by atoms with E-state index in [1.54, 1.807) is 0 Å². The molecule has 0 saturated heterocycles. The Morgan fingerprint density at radius 1 is 1.18 bits per heavy atom. The molecule has 0 unspecified atom stereocenters. The van der Waals surface area contributed by atoms with Crippen LogP contribution in [0.25, 0.3) is 0 Å². The van der Waals surface area contributed by atoms with Gasteiger partial charge in [0.2, 0.25) is 0 Å². The Bertz CT molecular complexity index is 584. The maximum absolute atomic E-state index is 13.2. The third-order valence-electron chi connectivity index (χ3n) is 2.36. The molecule has 0 aliphatic heterocycles. The third-order valence-corrected chi connectivity index (χ3v) is 2.36. The van der Waals surface area contributed by atoms with Gasteiger partial charge >= 0.3 is 0 Å². The fraction of sp³-hybridized carbons (Fsp3) is 0. The molecular weight excluding hydrogens is 221 g/mol. The van der Waals surface area contributed by atoms with Crippen LogP contribution in [0.2, 0.25) is 0 Å². The van der Waals surface area contributed by atoms with Crippen molar-refractivity contribution in [3.8, 4) is 0 Å². The van der Waals surface area contributed by atoms with Crippen LogP contribution in [0.5, 0.6) is 0 Å². The summed E-state index contributed by atoms with van der Waals surface area (Å²) >= 11 is 0. The van der Waals surface area contributed by atoms with E-state index in [0.717, 1.165) is 6.07 Å². The molecule has 0 saturated carbocycles. The smallest absolute Gasteiger partial charge is 0.196 e. The fourth-order valence-electron chi connectivity index (χ4n) is 1.42. The number of hydrogen-bond donors (Lipinski definition) is 2. The standard InChI is InChI=1S/C12H10FN3O/c13-9-5-7(1-2-11(9)15)12(17)8-6-16-4-3-10(8)14/h1-6H,15H2,(H2,14,16). The fourth-order valence-corrected chi connectivity index (χ4v) is 1.42. The predicted molar refractivity (Wildman–Crippen MR) is 62.9 cm³/mol. The topological polar surface area (TPSA) is 82.0 Å². The van der Waals surface area contributed by atoms with Gasteiger partial charge in [-0.25, -0.2) is 4.39 Å². The molecule has 4 nitrogen and oxygen atoms in total. The number of nitrogens with two attached hydrogens (primary N) is 2. The van der Waals surface area contributed by atoms with Crippen molar-refractivity contribution in [2.24, 2.45) is 0 Å². The molecule has 0 aliphatic rings. The van der Waals surface area contributed by atoms with Gasteiger partial charge in [-0.15, -0.1) is 0 Å². The summed E-state index contributed by atoms with van der Waals surface area (Å²) in [5, 5.41) is 0. The summed E-state index contributed by atoms with van der Waals surface area (Å²) in [5.41, 5.74) is 11.7. The minimum absolute atomic E-state index is 0.000656. The highest BCUT2D eigenvalue weighted by molar-refractivity contribution is 6.11. The molecule has 2 aromatic rings. The van der Waals surface area contributed by atoms with E-state index >= 15 is 0 Å². The second kappa shape index (κ2) is 4.21. The molecule has 2 rings (SSSR count). The van der Waals surface area contributed by atoms with E-state index in [4.69, 9.17) is 11.5 Å². The number of carbonyl (C=O) groups is 1. The zero-order chi connectivity index (χ0) is 12.4. The predicted octanol–water partition coefficient (Wildman–Crippen LogP) is 1.62. The van der Waals surface area contributed by atoms with E-state index in [0.29, 0.717) is 5.69 Å². The molecule has 4 N–H and O–H groups in total. The molecule has 17 heavy (non-hydrogen) atoms. The van der Waals surface area contributed by atoms with Crippen molar-refractivity contribution in [3.63, 3.8) is 0 Å². The quantitative estimate of drug-likeness (QED) is 0.607. The van der Waals surface area contributed by atoms with Crippen LogP contribution < -0.4 is 11.5 Å². The van der Waals surface area contributed by atoms with Gasteiger partial charge in [-0.05, 0) is 24.3 Å². The molecule has 1 aromatic carbocycles. The number of rotatable bonds is 2. The number of pyridine rings is 1. The number of anilines is 2. The first-order chi connectivity index (χ1) is 8.09. The van der Waals surface area contributed by atoms with Crippen molar-refractivity contribution in [1.82, 2.24) is 4.98 Å². The number of hydrogen-bond acceptors (Lipinski definition) is 4. The van der Waals surface area contributed by atoms with Crippen LogP contribution in [0.3, 0.4) is 0 Å². The van der Waals surface area contributed by atoms with E-state index in [9.17, 15) is 9.18 Å². The number of nitrogens with zero attached hydrogens (tertiary/aromatic N) is 1. The van der Waals surface area contributed by atoms with Crippen molar-refractivity contribution < 1.29 is 9.18 Å². The van der Waals surface area contributed by atoms with Crippen LogP contribution in [-0.2, 0) is 0 Å². The number of halogens is 1. The summed E-state index contributed by atoms with van der Waals surface area (Å²) in [6.07, 6.45) is 2.83. The number of carbonyl (C=O) groups excluding carboxylic acids is 1. The van der Waals surface area contributed by atoms with Crippen LogP contribution in [0, 0.1) is 5.82 Å². The highest BCUT2D eigenvalue weighted by atomic mass is 19.1. The lowest BCUT2D eigenvalue weighted by molar-refractivity contribution is 0.103. The minimum atomic E-state index is -0.627. The third kappa shape index (κ3) is 2.08. The SMILES string of the molecule is Nc1ccc(C(=O)c2cnccc2N)cc1F. The van der Waals surface area contributed by atoms with Crippen LogP contribution in [0.15, 0.2) is 36.7 Å². The molecule has 86 valence electrons. The molecule has 1 heterocycles. The second-order valence-electron chi connectivity index (χ2n) is 3.53. The highest BCUT2D eigenvalue weighted by Crippen LogP contribution is 2.18. The molecule has 0 radical (unpaired) electrons. The highest BCUT2D eigenvalue weighted by Gasteiger charge is 2.13. The molecule has 0 fully saturated rings. The Morgan fingerprint density at radius 3 is 2.59 bits per heavy atom. The second-order valence-corrected chi connectivity index (χ2v) is 3.53. The molecule has 0 amide bonds. The van der Waals surface area contributed by atoms with E-state index in [1.807, 2.05) is 0 Å². The lowest BCUT2D eigenvalue weighted by Crippen LogP contribution is -2.06. The van der Waals surface area contributed by atoms with Crippen molar-refractivity contribution in [2.45, 2.75) is 0 Å². The molecule has 0 atom stereocenters. The number of aromatic nitrogens is 1. The normalized spacial score (nSPS) is 10.2. The molecular formula is C12H10FN3O. The van der Waals surface area contributed by atoms with Gasteiger partial charge in [0.25, 0.3) is 0 Å². The van der Waals surface area contributed by atoms with E-state index in [1.165, 1.54) is 30.6 Å². The van der Waals surface area contributed by atoms with Crippen molar-refractivity contribution in [1.29, 1.82) is 0 Å². The van der Waals surface area contributed by atoms with E-state index in [2.05, 4.69) is 4.98 Å². The first-order valence-electron chi connectivity index (χ1n) is 4.89. The van der Waals surface area contributed by atoms with E-state index in [-0.39, 0.29) is 22.6 Å². The first-order valence-corrected chi connectivity index (χ1v) is 4.89. The molecule has 1 aromatic heterocycles. The molecule has 0 aliphatic carbocycles. The van der Waals surface area contributed by atoms with Gasteiger partial charge in [0.15, 0.2) is 5.78 Å². The summed E-state index contributed by atoms with van der Waals surface area (Å²) in [7, 11) is 0. The van der Waals surface area contributed by atoms with Crippen molar-refractivity contribution in [2.75, 3.05) is 11.5 Å². The molecule has 0 spiro atoms. The number of ketones is 1. The largest absolute Gasteiger partial charge is 0.398 e. The Morgan fingerprint density at radius 2 is 1.94 bits per heavy atom. The lowest BCUT2D eigenvalue weighted by atomic mass is 10.0. The zero-order valence-corrected chi connectivity index (χ0v) is 8.85. The van der Waals surface area contributed by atoms with Gasteiger partial charge in [-0.2, -0.15) is 0 Å². The Hall–Kier alpha value is -2.43. The number of benzene rings is 1. The maximum atomic E-state index is 13.2. The molecule has 5 heteroatoms. The summed E-state index contributed by atoms with van der Waals surface area (Å²) in [6, 6.07) is 5.40. The van der Waals surface area contributed by atoms with Crippen LogP contribution in [0.1, 0.15) is 15.9 Å². The Labute approximate surface area is 97.1 Å². The van der Waals surface area contributed by atoms with E-state index < -0.39 is 5.82 Å². The summed E-state index contributed by atoms with van der Waals surface area (Å²) in [5.74, 6) is -1.01. The van der Waals surface area contributed by atoms with Gasteiger partial charge in [0.05, 0.1) is 11.3 Å². The van der Waals surface area contributed by atoms with Gasteiger partial charge in [0.1, 0.15) is 5.82 Å². The lowest BCUT2D eigenvalue weighted by Gasteiger charge is -2.04. The van der Waals surface area contributed by atoms with Crippen molar-refractivity contribution >= 4 is 17.2 Å². The Balaban J connectivity index is 2.44. The van der Waals surface area contributed by atoms with Crippen LogP contribution >= 0.6 is 0 Å². The van der Waals surface area contributed by atoms with Gasteiger partial charge in [-0.1, -0.05) is 0 Å².